The second-order valence-electron chi connectivity index (χ2n) is 5.66. The first kappa shape index (κ1) is 15.5. The molecule has 0 aromatic heterocycles. The fourth-order valence-corrected chi connectivity index (χ4v) is 2.98. The molecule has 20 heavy (non-hydrogen) atoms. The van der Waals surface area contributed by atoms with Crippen molar-refractivity contribution in [2.24, 2.45) is 5.92 Å². The summed E-state index contributed by atoms with van der Waals surface area (Å²) < 4.78 is 26.9. The Labute approximate surface area is 122 Å². The van der Waals surface area contributed by atoms with Crippen LogP contribution in [0.25, 0.3) is 0 Å². The van der Waals surface area contributed by atoms with Gasteiger partial charge in [0, 0.05) is 19.1 Å². The molecule has 0 spiro atoms. The molecule has 0 saturated heterocycles. The lowest BCUT2D eigenvalue weighted by molar-refractivity contribution is 0.528. The minimum absolute atomic E-state index is 0.343. The van der Waals surface area contributed by atoms with Gasteiger partial charge in [-0.3, -0.25) is 0 Å². The van der Waals surface area contributed by atoms with Crippen LogP contribution in [0.4, 0.5) is 0 Å². The first-order chi connectivity index (χ1) is 9.51. The van der Waals surface area contributed by atoms with Gasteiger partial charge in [-0.2, -0.15) is 0 Å². The van der Waals surface area contributed by atoms with Crippen LogP contribution >= 0.6 is 0 Å². The third-order valence-corrected chi connectivity index (χ3v) is 5.16. The Morgan fingerprint density at radius 3 is 2.45 bits per heavy atom. The zero-order valence-electron chi connectivity index (χ0n) is 12.2. The van der Waals surface area contributed by atoms with Crippen LogP contribution in [0.2, 0.25) is 0 Å². The van der Waals surface area contributed by atoms with E-state index in [9.17, 15) is 8.42 Å². The van der Waals surface area contributed by atoms with Crippen molar-refractivity contribution in [2.75, 3.05) is 6.54 Å². The summed E-state index contributed by atoms with van der Waals surface area (Å²) in [5.41, 5.74) is 1.12. The van der Waals surface area contributed by atoms with Crippen molar-refractivity contribution in [3.05, 3.63) is 29.8 Å². The first-order valence-corrected chi connectivity index (χ1v) is 8.81. The largest absolute Gasteiger partial charge is 0.310 e. The molecule has 0 amide bonds. The fraction of sp³-hybridized carbons (Fsp3) is 0.600. The van der Waals surface area contributed by atoms with Gasteiger partial charge in [0.05, 0.1) is 4.90 Å². The van der Waals surface area contributed by atoms with E-state index in [0.717, 1.165) is 18.5 Å². The first-order valence-electron chi connectivity index (χ1n) is 7.33. The SMILES string of the molecule is CCC(C)CNS(=O)(=O)c1ccc(CNC2CC2)cc1. The van der Waals surface area contributed by atoms with E-state index in [-0.39, 0.29) is 0 Å². The number of sulfonamides is 1. The van der Waals surface area contributed by atoms with Crippen LogP contribution in [-0.4, -0.2) is 21.0 Å². The van der Waals surface area contributed by atoms with Crippen molar-refractivity contribution < 1.29 is 8.42 Å². The Bertz CT molecular complexity index is 521. The highest BCUT2D eigenvalue weighted by Crippen LogP contribution is 2.19. The lowest BCUT2D eigenvalue weighted by atomic mass is 10.1. The zero-order valence-corrected chi connectivity index (χ0v) is 13.0. The Kier molecular flexibility index (Phi) is 5.18. The second-order valence-corrected chi connectivity index (χ2v) is 7.43. The van der Waals surface area contributed by atoms with Gasteiger partial charge in [-0.05, 0) is 36.5 Å². The number of benzene rings is 1. The summed E-state index contributed by atoms with van der Waals surface area (Å²) in [5.74, 6) is 0.354. The van der Waals surface area contributed by atoms with Crippen molar-refractivity contribution in [3.8, 4) is 0 Å². The number of rotatable bonds is 8. The van der Waals surface area contributed by atoms with Crippen LogP contribution in [0.15, 0.2) is 29.2 Å². The Balaban J connectivity index is 1.92. The van der Waals surface area contributed by atoms with Crippen molar-refractivity contribution in [1.29, 1.82) is 0 Å². The van der Waals surface area contributed by atoms with Gasteiger partial charge in [-0.1, -0.05) is 32.4 Å². The molecule has 1 aliphatic rings. The van der Waals surface area contributed by atoms with E-state index in [2.05, 4.69) is 17.0 Å². The van der Waals surface area contributed by atoms with Crippen molar-refractivity contribution >= 4 is 10.0 Å². The smallest absolute Gasteiger partial charge is 0.240 e. The molecule has 1 aromatic carbocycles. The molecule has 112 valence electrons. The van der Waals surface area contributed by atoms with Gasteiger partial charge in [0.1, 0.15) is 0 Å². The van der Waals surface area contributed by atoms with Crippen LogP contribution in [0, 0.1) is 5.92 Å². The normalized spacial score (nSPS) is 17.1. The zero-order chi connectivity index (χ0) is 14.6. The molecule has 1 fully saturated rings. The van der Waals surface area contributed by atoms with Gasteiger partial charge in [0.15, 0.2) is 0 Å². The third-order valence-electron chi connectivity index (χ3n) is 3.72. The molecule has 1 unspecified atom stereocenters. The Hall–Kier alpha value is -0.910. The predicted molar refractivity (Wildman–Crippen MR) is 80.9 cm³/mol. The van der Waals surface area contributed by atoms with E-state index in [1.54, 1.807) is 12.1 Å². The maximum Gasteiger partial charge on any atom is 0.240 e. The molecule has 0 aliphatic heterocycles. The van der Waals surface area contributed by atoms with Crippen molar-refractivity contribution in [1.82, 2.24) is 10.0 Å². The van der Waals surface area contributed by atoms with E-state index in [4.69, 9.17) is 0 Å². The van der Waals surface area contributed by atoms with Gasteiger partial charge < -0.3 is 5.32 Å². The van der Waals surface area contributed by atoms with Gasteiger partial charge >= 0.3 is 0 Å². The van der Waals surface area contributed by atoms with E-state index in [1.807, 2.05) is 19.1 Å². The van der Waals surface area contributed by atoms with E-state index >= 15 is 0 Å². The van der Waals surface area contributed by atoms with E-state index in [1.165, 1.54) is 12.8 Å². The minimum atomic E-state index is -3.37. The van der Waals surface area contributed by atoms with Gasteiger partial charge in [-0.15, -0.1) is 0 Å². The number of hydrogen-bond donors (Lipinski definition) is 2. The molecule has 1 aliphatic carbocycles. The average molecular weight is 296 g/mol. The number of hydrogen-bond acceptors (Lipinski definition) is 3. The van der Waals surface area contributed by atoms with Crippen molar-refractivity contribution in [2.45, 2.75) is 50.6 Å². The molecule has 2 N–H and O–H groups in total. The minimum Gasteiger partial charge on any atom is -0.310 e. The van der Waals surface area contributed by atoms with E-state index in [0.29, 0.717) is 23.4 Å². The average Bonchev–Trinajstić information content (AvgIpc) is 3.27. The molecular weight excluding hydrogens is 272 g/mol. The highest BCUT2D eigenvalue weighted by atomic mass is 32.2. The predicted octanol–water partition coefficient (Wildman–Crippen LogP) is 2.26. The van der Waals surface area contributed by atoms with Crippen LogP contribution in [-0.2, 0) is 16.6 Å². The molecule has 0 radical (unpaired) electrons. The lowest BCUT2D eigenvalue weighted by Crippen LogP contribution is -2.28. The van der Waals surface area contributed by atoms with Crippen LogP contribution < -0.4 is 10.0 Å². The van der Waals surface area contributed by atoms with Crippen LogP contribution in [0.1, 0.15) is 38.7 Å². The highest BCUT2D eigenvalue weighted by Gasteiger charge is 2.20. The standard InChI is InChI=1S/C15H24N2O2S/c1-3-12(2)10-17-20(18,19)15-8-4-13(5-9-15)11-16-14-6-7-14/h4-5,8-9,12,14,16-17H,3,6-7,10-11H2,1-2H3. The molecule has 1 saturated carbocycles. The molecular formula is C15H24N2O2S. The maximum absolute atomic E-state index is 12.1. The fourth-order valence-electron chi connectivity index (χ4n) is 1.82. The van der Waals surface area contributed by atoms with Crippen LogP contribution in [0.3, 0.4) is 0 Å². The molecule has 0 bridgehead atoms. The van der Waals surface area contributed by atoms with Gasteiger partial charge in [0.2, 0.25) is 10.0 Å². The summed E-state index contributed by atoms with van der Waals surface area (Å²) in [7, 11) is -3.37. The summed E-state index contributed by atoms with van der Waals surface area (Å²) >= 11 is 0. The monoisotopic (exact) mass is 296 g/mol. The molecule has 5 heteroatoms. The van der Waals surface area contributed by atoms with Crippen LogP contribution in [0.5, 0.6) is 0 Å². The quantitative estimate of drug-likeness (QED) is 0.773. The summed E-state index contributed by atoms with van der Waals surface area (Å²) in [6.45, 7) is 5.39. The Morgan fingerprint density at radius 2 is 1.90 bits per heavy atom. The number of nitrogens with one attached hydrogen (secondary N) is 2. The van der Waals surface area contributed by atoms with Gasteiger partial charge in [0.25, 0.3) is 0 Å². The van der Waals surface area contributed by atoms with Gasteiger partial charge in [-0.25, -0.2) is 13.1 Å². The molecule has 1 aromatic rings. The summed E-state index contributed by atoms with van der Waals surface area (Å²) in [6.07, 6.45) is 3.48. The van der Waals surface area contributed by atoms with E-state index < -0.39 is 10.0 Å². The summed E-state index contributed by atoms with van der Waals surface area (Å²) in [4.78, 5) is 0.343. The lowest BCUT2D eigenvalue weighted by Gasteiger charge is -2.11. The highest BCUT2D eigenvalue weighted by molar-refractivity contribution is 7.89. The molecule has 2 rings (SSSR count). The Morgan fingerprint density at radius 1 is 1.25 bits per heavy atom. The van der Waals surface area contributed by atoms with Crippen molar-refractivity contribution in [3.63, 3.8) is 0 Å². The summed E-state index contributed by atoms with van der Waals surface area (Å²) in [5, 5.41) is 3.41. The third kappa shape index (κ3) is 4.58. The molecule has 4 nitrogen and oxygen atoms in total. The second kappa shape index (κ2) is 6.70. The summed E-state index contributed by atoms with van der Waals surface area (Å²) in [6, 6.07) is 7.79. The topological polar surface area (TPSA) is 58.2 Å². The molecule has 0 heterocycles. The molecule has 1 atom stereocenters. The maximum atomic E-state index is 12.1.